The van der Waals surface area contributed by atoms with Crippen molar-refractivity contribution < 1.29 is 9.72 Å². The number of benzene rings is 1. The summed E-state index contributed by atoms with van der Waals surface area (Å²) in [5.41, 5.74) is 0.800. The van der Waals surface area contributed by atoms with Gasteiger partial charge in [-0.3, -0.25) is 24.7 Å². The molecule has 0 atom stereocenters. The Hall–Kier alpha value is -3.20. The molecule has 3 aromatic rings. The van der Waals surface area contributed by atoms with Gasteiger partial charge in [-0.05, 0) is 17.7 Å². The number of carbonyl (C=O) groups excluding carboxylic acids is 1. The number of hydrogen-bond acceptors (Lipinski definition) is 5. The second-order valence-electron chi connectivity index (χ2n) is 4.89. The van der Waals surface area contributed by atoms with Crippen molar-refractivity contribution in [3.63, 3.8) is 0 Å². The van der Waals surface area contributed by atoms with Gasteiger partial charge in [-0.15, -0.1) is 0 Å². The first kappa shape index (κ1) is 15.7. The molecular formula is C14H11ClN6O3. The second-order valence-corrected chi connectivity index (χ2v) is 5.33. The molecule has 0 saturated carbocycles. The van der Waals surface area contributed by atoms with Crippen LogP contribution >= 0.6 is 11.6 Å². The number of nitrogens with one attached hydrogen (secondary N) is 2. The summed E-state index contributed by atoms with van der Waals surface area (Å²) < 4.78 is 1.63. The third-order valence-corrected chi connectivity index (χ3v) is 3.44. The van der Waals surface area contributed by atoms with Crippen LogP contribution in [0.1, 0.15) is 16.1 Å². The highest BCUT2D eigenvalue weighted by Crippen LogP contribution is 2.17. The molecule has 2 aromatic heterocycles. The van der Waals surface area contributed by atoms with E-state index in [0.717, 1.165) is 11.8 Å². The number of halogens is 1. The van der Waals surface area contributed by atoms with Crippen LogP contribution in [0.5, 0.6) is 0 Å². The van der Waals surface area contributed by atoms with Crippen LogP contribution in [0.15, 0.2) is 42.9 Å². The van der Waals surface area contributed by atoms with E-state index in [4.69, 9.17) is 11.6 Å². The Morgan fingerprint density at radius 2 is 2.08 bits per heavy atom. The number of hydrogen-bond donors (Lipinski definition) is 2. The van der Waals surface area contributed by atoms with E-state index in [9.17, 15) is 14.9 Å². The van der Waals surface area contributed by atoms with Gasteiger partial charge in [-0.25, -0.2) is 0 Å². The van der Waals surface area contributed by atoms with E-state index in [-0.39, 0.29) is 11.4 Å². The molecule has 0 radical (unpaired) electrons. The zero-order chi connectivity index (χ0) is 17.1. The fourth-order valence-corrected chi connectivity index (χ4v) is 2.20. The molecule has 122 valence electrons. The van der Waals surface area contributed by atoms with Crippen molar-refractivity contribution in [2.24, 2.45) is 0 Å². The van der Waals surface area contributed by atoms with Gasteiger partial charge in [0.25, 0.3) is 5.91 Å². The average Bonchev–Trinajstić information content (AvgIpc) is 3.19. The lowest BCUT2D eigenvalue weighted by Gasteiger charge is -2.02. The molecule has 2 N–H and O–H groups in total. The molecule has 9 nitrogen and oxygen atoms in total. The quantitative estimate of drug-likeness (QED) is 0.543. The van der Waals surface area contributed by atoms with Crippen LogP contribution in [0.25, 0.3) is 0 Å². The van der Waals surface area contributed by atoms with Crippen LogP contribution < -0.4 is 5.32 Å². The smallest absolute Gasteiger partial charge is 0.318 e. The van der Waals surface area contributed by atoms with Crippen molar-refractivity contribution in [3.8, 4) is 0 Å². The van der Waals surface area contributed by atoms with Gasteiger partial charge in [-0.1, -0.05) is 23.7 Å². The Morgan fingerprint density at radius 1 is 1.33 bits per heavy atom. The number of carbonyl (C=O) groups is 1. The highest BCUT2D eigenvalue weighted by atomic mass is 35.5. The molecule has 0 aliphatic heterocycles. The largest absolute Gasteiger partial charge is 0.319 e. The Bertz CT molecular complexity index is 886. The molecule has 2 heterocycles. The first-order valence-corrected chi connectivity index (χ1v) is 7.17. The molecule has 0 spiro atoms. The summed E-state index contributed by atoms with van der Waals surface area (Å²) in [6.45, 7) is 0.497. The third-order valence-electron chi connectivity index (χ3n) is 3.19. The Morgan fingerprint density at radius 3 is 2.79 bits per heavy atom. The number of rotatable bonds is 5. The minimum Gasteiger partial charge on any atom is -0.318 e. The van der Waals surface area contributed by atoms with Gasteiger partial charge in [0.15, 0.2) is 0 Å². The number of anilines is 1. The van der Waals surface area contributed by atoms with E-state index in [1.54, 1.807) is 23.0 Å². The summed E-state index contributed by atoms with van der Waals surface area (Å²) in [5, 5.41) is 24.0. The number of amides is 1. The lowest BCUT2D eigenvalue weighted by Crippen LogP contribution is -2.13. The molecule has 1 amide bonds. The summed E-state index contributed by atoms with van der Waals surface area (Å²) in [6.07, 6.45) is 4.06. The van der Waals surface area contributed by atoms with Crippen LogP contribution in [0.4, 0.5) is 11.4 Å². The minimum absolute atomic E-state index is 0.217. The standard InChI is InChI=1S/C14H11ClN6O3/c15-10-3-1-9(2-4-10)7-20-8-11(5-17-20)18-14(22)13-12(21(23)24)6-16-19-13/h1-6,8H,7H2,(H,16,19)(H,18,22). The van der Waals surface area contributed by atoms with Crippen LogP contribution in [0.2, 0.25) is 5.02 Å². The van der Waals surface area contributed by atoms with E-state index in [0.29, 0.717) is 17.3 Å². The van der Waals surface area contributed by atoms with E-state index in [1.807, 2.05) is 12.1 Å². The van der Waals surface area contributed by atoms with Crippen molar-refractivity contribution >= 4 is 28.9 Å². The lowest BCUT2D eigenvalue weighted by molar-refractivity contribution is -0.385. The van der Waals surface area contributed by atoms with E-state index < -0.39 is 10.8 Å². The van der Waals surface area contributed by atoms with Gasteiger partial charge < -0.3 is 5.32 Å². The fourth-order valence-electron chi connectivity index (χ4n) is 2.07. The van der Waals surface area contributed by atoms with Crippen molar-refractivity contribution in [2.75, 3.05) is 5.32 Å². The molecule has 0 fully saturated rings. The van der Waals surface area contributed by atoms with Crippen LogP contribution in [-0.2, 0) is 6.54 Å². The molecule has 0 aliphatic carbocycles. The number of nitro groups is 1. The molecule has 0 bridgehead atoms. The van der Waals surface area contributed by atoms with E-state index in [1.165, 1.54) is 6.20 Å². The monoisotopic (exact) mass is 346 g/mol. The maximum atomic E-state index is 12.1. The lowest BCUT2D eigenvalue weighted by atomic mass is 10.2. The zero-order valence-electron chi connectivity index (χ0n) is 12.1. The van der Waals surface area contributed by atoms with Crippen molar-refractivity contribution in [1.82, 2.24) is 20.0 Å². The Labute approximate surface area is 140 Å². The molecule has 1 aromatic carbocycles. The summed E-state index contributed by atoms with van der Waals surface area (Å²) in [4.78, 5) is 22.2. The predicted octanol–water partition coefficient (Wildman–Crippen LogP) is 2.47. The van der Waals surface area contributed by atoms with Gasteiger partial charge >= 0.3 is 5.69 Å². The van der Waals surface area contributed by atoms with Gasteiger partial charge in [-0.2, -0.15) is 10.2 Å². The molecular weight excluding hydrogens is 336 g/mol. The number of aromatic amines is 1. The predicted molar refractivity (Wildman–Crippen MR) is 86.0 cm³/mol. The van der Waals surface area contributed by atoms with Crippen LogP contribution in [0, 0.1) is 10.1 Å². The zero-order valence-corrected chi connectivity index (χ0v) is 12.9. The first-order chi connectivity index (χ1) is 11.5. The van der Waals surface area contributed by atoms with E-state index in [2.05, 4.69) is 20.6 Å². The van der Waals surface area contributed by atoms with Crippen LogP contribution in [-0.4, -0.2) is 30.8 Å². The summed E-state index contributed by atoms with van der Waals surface area (Å²) in [6, 6.07) is 7.30. The van der Waals surface area contributed by atoms with Gasteiger partial charge in [0.1, 0.15) is 6.20 Å². The van der Waals surface area contributed by atoms with Gasteiger partial charge in [0, 0.05) is 11.2 Å². The van der Waals surface area contributed by atoms with Crippen molar-refractivity contribution in [1.29, 1.82) is 0 Å². The summed E-state index contributed by atoms with van der Waals surface area (Å²) in [7, 11) is 0. The third kappa shape index (κ3) is 3.41. The molecule has 24 heavy (non-hydrogen) atoms. The normalized spacial score (nSPS) is 10.5. The minimum atomic E-state index is -0.678. The SMILES string of the molecule is O=C(Nc1cnn(Cc2ccc(Cl)cc2)c1)c1[nH]ncc1[N+](=O)[O-]. The maximum absolute atomic E-state index is 12.1. The summed E-state index contributed by atoms with van der Waals surface area (Å²) >= 11 is 5.83. The summed E-state index contributed by atoms with van der Waals surface area (Å²) in [5.74, 6) is -0.662. The number of aromatic nitrogens is 4. The van der Waals surface area contributed by atoms with Crippen molar-refractivity contribution in [3.05, 3.63) is 69.3 Å². The molecule has 0 unspecified atom stereocenters. The highest BCUT2D eigenvalue weighted by molar-refractivity contribution is 6.30. The van der Waals surface area contributed by atoms with Gasteiger partial charge in [0.2, 0.25) is 5.69 Å². The number of nitrogens with zero attached hydrogens (tertiary/aromatic N) is 4. The molecule has 0 saturated heterocycles. The van der Waals surface area contributed by atoms with Crippen LogP contribution in [0.3, 0.4) is 0 Å². The highest BCUT2D eigenvalue weighted by Gasteiger charge is 2.23. The average molecular weight is 347 g/mol. The molecule has 0 aliphatic rings. The maximum Gasteiger partial charge on any atom is 0.319 e. The second kappa shape index (κ2) is 6.50. The fraction of sp³-hybridized carbons (Fsp3) is 0.0714. The van der Waals surface area contributed by atoms with Crippen molar-refractivity contribution in [2.45, 2.75) is 6.54 Å². The topological polar surface area (TPSA) is 119 Å². The molecule has 10 heteroatoms. The Kier molecular flexibility index (Phi) is 4.25. The first-order valence-electron chi connectivity index (χ1n) is 6.79. The Balaban J connectivity index is 1.69. The van der Waals surface area contributed by atoms with E-state index >= 15 is 0 Å². The van der Waals surface area contributed by atoms with Gasteiger partial charge in [0.05, 0.1) is 23.4 Å². The number of H-pyrrole nitrogens is 1. The molecule has 3 rings (SSSR count).